The van der Waals surface area contributed by atoms with Crippen LogP contribution in [0.15, 0.2) is 35.5 Å². The van der Waals surface area contributed by atoms with Gasteiger partial charge in [0.25, 0.3) is 0 Å². The molecule has 1 aliphatic heterocycles. The Morgan fingerprint density at radius 2 is 2.21 bits per heavy atom. The van der Waals surface area contributed by atoms with Crippen molar-refractivity contribution in [2.75, 3.05) is 18.0 Å². The summed E-state index contributed by atoms with van der Waals surface area (Å²) in [4.78, 5) is 14.0. The number of fused-ring (bicyclic) bond motifs is 1. The number of hydrogen-bond donors (Lipinski definition) is 1. The summed E-state index contributed by atoms with van der Waals surface area (Å²) in [5, 5.41) is 5.39. The van der Waals surface area contributed by atoms with Gasteiger partial charge in [-0.15, -0.1) is 0 Å². The molecule has 0 unspecified atom stereocenters. The van der Waals surface area contributed by atoms with Gasteiger partial charge in [0.1, 0.15) is 17.8 Å². The van der Waals surface area contributed by atoms with Crippen molar-refractivity contribution in [3.8, 4) is 0 Å². The molecule has 0 spiro atoms. The second-order valence-corrected chi connectivity index (χ2v) is 5.55. The molecule has 0 radical (unpaired) electrons. The van der Waals surface area contributed by atoms with Crippen LogP contribution in [0.2, 0.25) is 0 Å². The molecule has 1 saturated heterocycles. The van der Waals surface area contributed by atoms with E-state index in [4.69, 9.17) is 0 Å². The number of halogens is 1. The van der Waals surface area contributed by atoms with Gasteiger partial charge in [0.15, 0.2) is 0 Å². The Morgan fingerprint density at radius 1 is 1.32 bits per heavy atom. The molecular formula is C12H11BrN6. The zero-order valence-corrected chi connectivity index (χ0v) is 11.6. The molecule has 7 heteroatoms. The van der Waals surface area contributed by atoms with Crippen LogP contribution in [0.5, 0.6) is 0 Å². The normalized spacial score (nSPS) is 15.9. The van der Waals surface area contributed by atoms with Crippen LogP contribution in [0.1, 0.15) is 6.04 Å². The highest BCUT2D eigenvalue weighted by molar-refractivity contribution is 9.10. The van der Waals surface area contributed by atoms with Gasteiger partial charge in [0.05, 0.1) is 22.1 Å². The highest BCUT2D eigenvalue weighted by atomic mass is 79.9. The molecule has 3 aromatic heterocycles. The molecule has 4 rings (SSSR count). The number of aromatic amines is 1. The maximum atomic E-state index is 4.39. The largest absolute Gasteiger partial charge is 0.352 e. The lowest BCUT2D eigenvalue weighted by molar-refractivity contribution is 0.366. The maximum absolute atomic E-state index is 4.39. The van der Waals surface area contributed by atoms with Crippen LogP contribution in [-0.4, -0.2) is 37.8 Å². The van der Waals surface area contributed by atoms with Crippen LogP contribution in [-0.2, 0) is 0 Å². The van der Waals surface area contributed by atoms with Crippen molar-refractivity contribution in [1.29, 1.82) is 0 Å². The first-order chi connectivity index (χ1) is 9.31. The summed E-state index contributed by atoms with van der Waals surface area (Å²) in [6, 6.07) is 2.43. The third-order valence-corrected chi connectivity index (χ3v) is 3.85. The molecule has 19 heavy (non-hydrogen) atoms. The van der Waals surface area contributed by atoms with Gasteiger partial charge in [-0.1, -0.05) is 0 Å². The Morgan fingerprint density at radius 3 is 3.00 bits per heavy atom. The van der Waals surface area contributed by atoms with Gasteiger partial charge in [0.2, 0.25) is 0 Å². The van der Waals surface area contributed by atoms with Crippen LogP contribution in [0, 0.1) is 0 Å². The summed E-state index contributed by atoms with van der Waals surface area (Å²) in [5.41, 5.74) is 0.885. The predicted octanol–water partition coefficient (Wildman–Crippen LogP) is 1.98. The number of rotatable bonds is 2. The minimum absolute atomic E-state index is 0.412. The van der Waals surface area contributed by atoms with Crippen LogP contribution >= 0.6 is 15.9 Å². The highest BCUT2D eigenvalue weighted by Gasteiger charge is 2.30. The van der Waals surface area contributed by atoms with Gasteiger partial charge in [-0.05, 0) is 22.0 Å². The van der Waals surface area contributed by atoms with E-state index in [0.29, 0.717) is 6.04 Å². The fraction of sp³-hybridized carbons (Fsp3) is 0.250. The molecule has 0 bridgehead atoms. The van der Waals surface area contributed by atoms with Crippen molar-refractivity contribution in [1.82, 2.24) is 24.7 Å². The Kier molecular flexibility index (Phi) is 2.34. The van der Waals surface area contributed by atoms with E-state index in [9.17, 15) is 0 Å². The number of anilines is 1. The Labute approximate surface area is 117 Å². The lowest BCUT2D eigenvalue weighted by Gasteiger charge is -2.40. The number of H-pyrrole nitrogens is 1. The molecule has 1 fully saturated rings. The van der Waals surface area contributed by atoms with Gasteiger partial charge in [-0.25, -0.2) is 9.97 Å². The number of hydrogen-bond acceptors (Lipinski definition) is 4. The van der Waals surface area contributed by atoms with Gasteiger partial charge in [-0.3, -0.25) is 4.68 Å². The van der Waals surface area contributed by atoms with E-state index in [1.165, 1.54) is 0 Å². The minimum Gasteiger partial charge on any atom is -0.352 e. The molecule has 0 saturated carbocycles. The zero-order chi connectivity index (χ0) is 12.8. The van der Waals surface area contributed by atoms with E-state index in [-0.39, 0.29) is 0 Å². The summed E-state index contributed by atoms with van der Waals surface area (Å²) in [5.74, 6) is 0.994. The van der Waals surface area contributed by atoms with Crippen LogP contribution < -0.4 is 4.90 Å². The van der Waals surface area contributed by atoms with Crippen LogP contribution in [0.25, 0.3) is 11.0 Å². The first-order valence-electron chi connectivity index (χ1n) is 6.04. The second-order valence-electron chi connectivity index (χ2n) is 4.63. The topological polar surface area (TPSA) is 62.6 Å². The number of nitrogens with zero attached hydrogens (tertiary/aromatic N) is 5. The lowest BCUT2D eigenvalue weighted by Crippen LogP contribution is -2.48. The van der Waals surface area contributed by atoms with Crippen LogP contribution in [0.3, 0.4) is 0 Å². The average Bonchev–Trinajstić information content (AvgIpc) is 2.96. The van der Waals surface area contributed by atoms with E-state index >= 15 is 0 Å². The molecule has 96 valence electrons. The second kappa shape index (κ2) is 4.06. The summed E-state index contributed by atoms with van der Waals surface area (Å²) < 4.78 is 3.01. The van der Waals surface area contributed by atoms with E-state index in [2.05, 4.69) is 40.9 Å². The summed E-state index contributed by atoms with van der Waals surface area (Å²) in [7, 11) is 0. The summed E-state index contributed by atoms with van der Waals surface area (Å²) in [6.07, 6.45) is 7.32. The number of nitrogens with one attached hydrogen (secondary N) is 1. The predicted molar refractivity (Wildman–Crippen MR) is 75.1 cm³/mol. The van der Waals surface area contributed by atoms with Crippen molar-refractivity contribution in [3.05, 3.63) is 35.5 Å². The average molecular weight is 319 g/mol. The SMILES string of the molecule is Brc1cnn(C2CN(c3ncnc4[nH]ccc34)C2)c1. The summed E-state index contributed by atoms with van der Waals surface area (Å²) >= 11 is 3.42. The number of aromatic nitrogens is 5. The molecule has 1 N–H and O–H groups in total. The molecule has 4 heterocycles. The van der Waals surface area contributed by atoms with E-state index in [1.54, 1.807) is 6.33 Å². The first-order valence-corrected chi connectivity index (χ1v) is 6.83. The molecule has 0 aliphatic carbocycles. The van der Waals surface area contributed by atoms with Crippen molar-refractivity contribution >= 4 is 32.8 Å². The Balaban J connectivity index is 1.58. The van der Waals surface area contributed by atoms with Gasteiger partial charge in [-0.2, -0.15) is 5.10 Å². The first kappa shape index (κ1) is 11.0. The quantitative estimate of drug-likeness (QED) is 0.784. The molecule has 0 atom stereocenters. The third-order valence-electron chi connectivity index (χ3n) is 3.44. The fourth-order valence-corrected chi connectivity index (χ4v) is 2.72. The van der Waals surface area contributed by atoms with E-state index in [1.807, 2.05) is 29.3 Å². The highest BCUT2D eigenvalue weighted by Crippen LogP contribution is 2.30. The third kappa shape index (κ3) is 1.73. The smallest absolute Gasteiger partial charge is 0.142 e. The van der Waals surface area contributed by atoms with Crippen molar-refractivity contribution in [2.24, 2.45) is 0 Å². The maximum Gasteiger partial charge on any atom is 0.142 e. The molecule has 3 aromatic rings. The standard InChI is InChI=1S/C12H11BrN6/c13-8-3-17-19(4-8)9-5-18(6-9)12-10-1-2-14-11(10)15-7-16-12/h1-4,7,9H,5-6H2,(H,14,15,16). The monoisotopic (exact) mass is 318 g/mol. The van der Waals surface area contributed by atoms with Crippen molar-refractivity contribution in [3.63, 3.8) is 0 Å². The Bertz CT molecular complexity index is 726. The fourth-order valence-electron chi connectivity index (χ4n) is 2.42. The van der Waals surface area contributed by atoms with Gasteiger partial charge >= 0.3 is 0 Å². The summed E-state index contributed by atoms with van der Waals surface area (Å²) in [6.45, 7) is 1.84. The minimum atomic E-state index is 0.412. The molecular weight excluding hydrogens is 308 g/mol. The van der Waals surface area contributed by atoms with Gasteiger partial charge < -0.3 is 9.88 Å². The van der Waals surface area contributed by atoms with Gasteiger partial charge in [0, 0.05) is 25.5 Å². The van der Waals surface area contributed by atoms with Crippen LogP contribution in [0.4, 0.5) is 5.82 Å². The Hall–Kier alpha value is -1.89. The van der Waals surface area contributed by atoms with E-state index in [0.717, 1.165) is 34.4 Å². The van der Waals surface area contributed by atoms with E-state index < -0.39 is 0 Å². The molecule has 0 amide bonds. The van der Waals surface area contributed by atoms with Crippen molar-refractivity contribution in [2.45, 2.75) is 6.04 Å². The molecule has 1 aliphatic rings. The molecule has 6 nitrogen and oxygen atoms in total. The lowest BCUT2D eigenvalue weighted by atomic mass is 10.1. The molecule has 0 aromatic carbocycles. The zero-order valence-electron chi connectivity index (χ0n) is 9.99. The van der Waals surface area contributed by atoms with Crippen molar-refractivity contribution < 1.29 is 0 Å².